The fourth-order valence-corrected chi connectivity index (χ4v) is 9.85. The number of Topliss-reactive ketones (excluding diaryl/α,β-unsaturated/α-hetero) is 2. The molecule has 2 fully saturated rings. The van der Waals surface area contributed by atoms with E-state index in [0.717, 1.165) is 58.2 Å². The Morgan fingerprint density at radius 3 is 1.48 bits per heavy atom. The van der Waals surface area contributed by atoms with Crippen LogP contribution in [0.15, 0.2) is 41.4 Å². The lowest BCUT2D eigenvalue weighted by atomic mass is 9.84. The van der Waals surface area contributed by atoms with Crippen molar-refractivity contribution in [3.8, 4) is 34.5 Å². The lowest BCUT2D eigenvalue weighted by Crippen LogP contribution is -2.37. The third-order valence-electron chi connectivity index (χ3n) is 13.3. The van der Waals surface area contributed by atoms with Crippen molar-refractivity contribution in [1.82, 2.24) is 4.90 Å². The van der Waals surface area contributed by atoms with Crippen LogP contribution < -0.4 is 44.0 Å². The van der Waals surface area contributed by atoms with Crippen molar-refractivity contribution in [3.63, 3.8) is 0 Å². The molecule has 4 aliphatic rings. The SMILES string of the molecule is Br.C.CCOc1cc2c(c(F)c1OCC)C(=N)N(CC(=O)c1cc(N3CCOCC3)c(OC)c(C(C)(C)C)c1)C2.CCOc1cc2c(c(F)c1OCC)C(N)=NC2.COc1c(N2CCOCC2)cc(C(=O)CBr)cc1C(C)(C)C. The number of methoxy groups -OCH3 is 2. The van der Waals surface area contributed by atoms with E-state index in [1.54, 1.807) is 45.1 Å². The van der Waals surface area contributed by atoms with E-state index < -0.39 is 11.6 Å². The number of amidine groups is 2. The van der Waals surface area contributed by atoms with E-state index in [2.05, 4.69) is 72.3 Å². The molecular formula is C59H82Br2F2N6O10. The highest BCUT2D eigenvalue weighted by Crippen LogP contribution is 2.44. The lowest BCUT2D eigenvalue weighted by Gasteiger charge is -2.33. The van der Waals surface area contributed by atoms with Gasteiger partial charge in [0, 0.05) is 55.0 Å². The van der Waals surface area contributed by atoms with Crippen molar-refractivity contribution < 1.29 is 56.3 Å². The van der Waals surface area contributed by atoms with Crippen LogP contribution in [-0.2, 0) is 33.4 Å². The van der Waals surface area contributed by atoms with Gasteiger partial charge in [-0.3, -0.25) is 20.0 Å². The number of hydrogen-bond donors (Lipinski definition) is 2. The molecule has 4 aliphatic heterocycles. The van der Waals surface area contributed by atoms with E-state index in [4.69, 9.17) is 49.0 Å². The van der Waals surface area contributed by atoms with Gasteiger partial charge in [0.05, 0.1) is 108 Å². The number of aliphatic imine (C=N–C) groups is 1. The van der Waals surface area contributed by atoms with E-state index in [0.29, 0.717) is 99.4 Å². The van der Waals surface area contributed by atoms with Gasteiger partial charge in [0.15, 0.2) is 46.2 Å². The fraction of sp³-hybridized carbons (Fsp3) is 0.525. The summed E-state index contributed by atoms with van der Waals surface area (Å²) in [5.74, 6) is 1.49. The summed E-state index contributed by atoms with van der Waals surface area (Å²) in [7, 11) is 3.35. The summed E-state index contributed by atoms with van der Waals surface area (Å²) >= 11 is 3.27. The molecule has 16 nitrogen and oxygen atoms in total. The molecule has 0 unspecified atom stereocenters. The molecule has 4 aromatic rings. The van der Waals surface area contributed by atoms with Crippen LogP contribution in [0.5, 0.6) is 34.5 Å². The number of morpholine rings is 2. The van der Waals surface area contributed by atoms with Crippen LogP contribution in [0.25, 0.3) is 0 Å². The number of benzene rings is 4. The maximum Gasteiger partial charge on any atom is 0.197 e. The first-order valence-corrected chi connectivity index (χ1v) is 27.4. The van der Waals surface area contributed by atoms with Gasteiger partial charge in [0.1, 0.15) is 23.2 Å². The molecule has 0 aliphatic carbocycles. The van der Waals surface area contributed by atoms with Gasteiger partial charge >= 0.3 is 0 Å². The quantitative estimate of drug-likeness (QED) is 0.0753. The Hall–Kier alpha value is -5.70. The highest BCUT2D eigenvalue weighted by atomic mass is 79.9. The molecule has 2 saturated heterocycles. The number of fused-ring (bicyclic) bond motifs is 2. The Bertz CT molecular complexity index is 2810. The number of hydrogen-bond acceptors (Lipinski definition) is 15. The number of nitrogens with one attached hydrogen (secondary N) is 1. The molecule has 0 spiro atoms. The number of anilines is 2. The minimum atomic E-state index is -0.623. The van der Waals surface area contributed by atoms with Crippen LogP contribution in [0.2, 0.25) is 0 Å². The standard InChI is InChI=1S/C29H38FN3O5.C17H24BrNO3.C12H15FN2O2.CH4.BrH/c1-7-37-23-15-19-16-33(28(31)24(19)25(30)27(23)38-8-2)17-22(34)18-13-20(29(3,4)5)26(35-6)21(14-18)32-9-11-36-12-10-32;1-17(2,3)13-9-12(15(20)11-18)10-14(16(13)21-4)19-5-7-22-8-6-19;1-3-16-8-5-7-6-15-12(14)9(7)10(13)11(8)17-4-2;;/h13-15,31H,7-12,16-17H2,1-6H3;9-10H,5-8,11H2,1-4H3;5H,3-4,6H2,1-2H3,(H2,14,15);1H4;1H. The second-order valence-electron chi connectivity index (χ2n) is 20.6. The lowest BCUT2D eigenvalue weighted by molar-refractivity contribution is 0.0961. The van der Waals surface area contributed by atoms with Gasteiger partial charge in [0.2, 0.25) is 0 Å². The van der Waals surface area contributed by atoms with Crippen molar-refractivity contribution in [3.05, 3.63) is 92.5 Å². The fourth-order valence-electron chi connectivity index (χ4n) is 9.52. The average molecular weight is 1230 g/mol. The van der Waals surface area contributed by atoms with Gasteiger partial charge in [-0.2, -0.15) is 0 Å². The topological polar surface area (TPSA) is 180 Å². The van der Waals surface area contributed by atoms with Gasteiger partial charge in [-0.15, -0.1) is 17.0 Å². The highest BCUT2D eigenvalue weighted by Gasteiger charge is 2.35. The van der Waals surface area contributed by atoms with Gasteiger partial charge in [-0.1, -0.05) is 64.9 Å². The number of carbonyl (C=O) groups excluding carboxylic acids is 2. The van der Waals surface area contributed by atoms with Gasteiger partial charge in [-0.05, 0) is 86.1 Å². The maximum atomic E-state index is 15.5. The molecule has 0 amide bonds. The average Bonchev–Trinajstić information content (AvgIpc) is 4.07. The van der Waals surface area contributed by atoms with E-state index in [-0.39, 0.29) is 95.2 Å². The molecule has 0 saturated carbocycles. The van der Waals surface area contributed by atoms with Crippen LogP contribution >= 0.6 is 32.9 Å². The number of ether oxygens (including phenoxy) is 8. The monoisotopic (exact) mass is 1230 g/mol. The number of nitrogens with two attached hydrogens (primary N) is 1. The largest absolute Gasteiger partial charge is 0.494 e. The maximum absolute atomic E-state index is 15.5. The Morgan fingerprint density at radius 2 is 1.08 bits per heavy atom. The molecule has 0 atom stereocenters. The summed E-state index contributed by atoms with van der Waals surface area (Å²) in [6, 6.07) is 11.1. The first-order valence-electron chi connectivity index (χ1n) is 26.3. The summed E-state index contributed by atoms with van der Waals surface area (Å²) in [5, 5.41) is 9.01. The molecule has 4 aromatic carbocycles. The molecule has 4 heterocycles. The number of halogens is 4. The molecule has 8 rings (SSSR count). The molecular weight excluding hydrogens is 1150 g/mol. The van der Waals surface area contributed by atoms with Crippen molar-refractivity contribution in [1.29, 1.82) is 5.41 Å². The third kappa shape index (κ3) is 15.2. The summed E-state index contributed by atoms with van der Waals surface area (Å²) in [6.45, 7) is 27.5. The van der Waals surface area contributed by atoms with Crippen molar-refractivity contribution in [2.45, 2.75) is 101 Å². The molecule has 79 heavy (non-hydrogen) atoms. The van der Waals surface area contributed by atoms with Crippen molar-refractivity contribution in [2.75, 3.05) is 115 Å². The van der Waals surface area contributed by atoms with Crippen LogP contribution in [0.3, 0.4) is 0 Å². The van der Waals surface area contributed by atoms with Gasteiger partial charge in [-0.25, -0.2) is 8.78 Å². The normalized spacial score (nSPS) is 14.7. The smallest absolute Gasteiger partial charge is 0.197 e. The highest BCUT2D eigenvalue weighted by molar-refractivity contribution is 9.09. The second-order valence-corrected chi connectivity index (χ2v) is 21.1. The van der Waals surface area contributed by atoms with E-state index in [1.165, 1.54) is 0 Å². The number of nitrogens with zero attached hydrogens (tertiary/aromatic N) is 4. The summed E-state index contributed by atoms with van der Waals surface area (Å²) in [5.41, 5.74) is 12.2. The van der Waals surface area contributed by atoms with Crippen LogP contribution in [0.1, 0.15) is 131 Å². The molecule has 0 aromatic heterocycles. The van der Waals surface area contributed by atoms with E-state index in [9.17, 15) is 14.0 Å². The molecule has 0 bridgehead atoms. The first-order chi connectivity index (χ1) is 36.7. The zero-order valence-corrected chi connectivity index (χ0v) is 50.6. The summed E-state index contributed by atoms with van der Waals surface area (Å²) < 4.78 is 74.0. The van der Waals surface area contributed by atoms with E-state index in [1.807, 2.05) is 38.1 Å². The molecule has 20 heteroatoms. The Morgan fingerprint density at radius 1 is 0.658 bits per heavy atom. The summed E-state index contributed by atoms with van der Waals surface area (Å²) in [4.78, 5) is 35.9. The summed E-state index contributed by atoms with van der Waals surface area (Å²) in [6.07, 6.45) is 0. The van der Waals surface area contributed by atoms with Gasteiger partial charge in [0.25, 0.3) is 0 Å². The van der Waals surface area contributed by atoms with Crippen molar-refractivity contribution >= 4 is 67.5 Å². The minimum absolute atomic E-state index is 0. The first kappa shape index (κ1) is 65.8. The minimum Gasteiger partial charge on any atom is -0.494 e. The molecule has 436 valence electrons. The molecule has 3 N–H and O–H groups in total. The van der Waals surface area contributed by atoms with Crippen molar-refractivity contribution in [2.24, 2.45) is 10.7 Å². The Balaban J connectivity index is 0.000000278. The zero-order chi connectivity index (χ0) is 56.4. The Labute approximate surface area is 485 Å². The van der Waals surface area contributed by atoms with Crippen LogP contribution in [-0.4, -0.2) is 133 Å². The predicted molar refractivity (Wildman–Crippen MR) is 318 cm³/mol. The molecule has 0 radical (unpaired) electrons. The van der Waals surface area contributed by atoms with Crippen LogP contribution in [0, 0.1) is 17.0 Å². The number of rotatable bonds is 17. The zero-order valence-electron chi connectivity index (χ0n) is 47.3. The van der Waals surface area contributed by atoms with E-state index >= 15 is 4.39 Å². The Kier molecular flexibility index (Phi) is 24.3. The predicted octanol–water partition coefficient (Wildman–Crippen LogP) is 11.3. The van der Waals surface area contributed by atoms with Gasteiger partial charge < -0.3 is 58.3 Å². The number of alkyl halides is 1. The second kappa shape index (κ2) is 29.1. The number of carbonyl (C=O) groups is 2. The third-order valence-corrected chi connectivity index (χ3v) is 13.8. The van der Waals surface area contributed by atoms with Crippen LogP contribution in [0.4, 0.5) is 20.2 Å². The number of ketones is 2.